The molecule has 0 amide bonds. The van der Waals surface area contributed by atoms with Gasteiger partial charge in [-0.05, 0) is 25.1 Å². The Hall–Kier alpha value is -2.28. The maximum Gasteiger partial charge on any atom is 0.412 e. The van der Waals surface area contributed by atoms with Crippen LogP contribution in [0, 0.1) is 0 Å². The number of hydrogen-bond acceptors (Lipinski definition) is 3. The molecule has 7 heteroatoms. The van der Waals surface area contributed by atoms with Gasteiger partial charge in [0.05, 0.1) is 12.3 Å². The van der Waals surface area contributed by atoms with Gasteiger partial charge in [-0.25, -0.2) is 0 Å². The number of likely N-dealkylation sites (N-methyl/N-ethyl adjacent to an activating group) is 1. The van der Waals surface area contributed by atoms with E-state index < -0.39 is 17.7 Å². The first-order chi connectivity index (χ1) is 12.3. The second kappa shape index (κ2) is 8.89. The van der Waals surface area contributed by atoms with Crippen LogP contribution in [0.15, 0.2) is 53.8 Å². The molecule has 0 unspecified atom stereocenters. The van der Waals surface area contributed by atoms with Crippen LogP contribution in [0.2, 0.25) is 0 Å². The molecule has 1 aromatic carbocycles. The molecule has 0 aromatic heterocycles. The Bertz CT molecular complexity index is 668. The molecule has 0 spiro atoms. The third kappa shape index (κ3) is 6.22. The van der Waals surface area contributed by atoms with Gasteiger partial charge in [-0.1, -0.05) is 36.4 Å². The highest BCUT2D eigenvalue weighted by Gasteiger charge is 2.34. The smallest absolute Gasteiger partial charge is 0.412 e. The average molecular weight is 369 g/mol. The number of nitrogens with zero attached hydrogens (tertiary/aromatic N) is 1. The maximum absolute atomic E-state index is 12.7. The Balaban J connectivity index is 2.07. The fourth-order valence-electron chi connectivity index (χ4n) is 2.74. The number of hydrogen-bond donors (Lipinski definition) is 1. The normalized spacial score (nSPS) is 16.0. The lowest BCUT2D eigenvalue weighted by Gasteiger charge is -2.25. The monoisotopic (exact) mass is 369 g/mol. The van der Waals surface area contributed by atoms with Gasteiger partial charge in [-0.2, -0.15) is 13.2 Å². The van der Waals surface area contributed by atoms with E-state index in [0.29, 0.717) is 18.7 Å². The molecule has 1 aliphatic carbocycles. The highest BCUT2D eigenvalue weighted by atomic mass is 19.4. The van der Waals surface area contributed by atoms with Crippen molar-refractivity contribution in [2.24, 2.45) is 0 Å². The van der Waals surface area contributed by atoms with Gasteiger partial charge < -0.3 is 9.84 Å². The Morgan fingerprint density at radius 1 is 1.23 bits per heavy atom. The number of benzene rings is 1. The van der Waals surface area contributed by atoms with Crippen molar-refractivity contribution in [3.05, 3.63) is 59.4 Å². The van der Waals surface area contributed by atoms with Crippen molar-refractivity contribution in [1.29, 1.82) is 0 Å². The van der Waals surface area contributed by atoms with Crippen molar-refractivity contribution in [2.75, 3.05) is 20.1 Å². The minimum atomic E-state index is -4.31. The summed E-state index contributed by atoms with van der Waals surface area (Å²) < 4.78 is 44.1. The van der Waals surface area contributed by atoms with E-state index in [9.17, 15) is 18.0 Å². The van der Waals surface area contributed by atoms with E-state index in [1.54, 1.807) is 11.9 Å². The van der Waals surface area contributed by atoms with Crippen LogP contribution >= 0.6 is 0 Å². The van der Waals surface area contributed by atoms with Crippen LogP contribution in [0.1, 0.15) is 30.9 Å². The average Bonchev–Trinajstić information content (AvgIpc) is 2.58. The molecule has 2 rings (SSSR count). The van der Waals surface area contributed by atoms with E-state index in [-0.39, 0.29) is 25.5 Å². The first-order valence-corrected chi connectivity index (χ1v) is 8.34. The molecular formula is C19H22F3NO3. The molecule has 0 fully saturated rings. The second-order valence-electron chi connectivity index (χ2n) is 6.26. The number of aliphatic carboxylic acids is 1. The second-order valence-corrected chi connectivity index (χ2v) is 6.26. The molecule has 1 N–H and O–H groups in total. The van der Waals surface area contributed by atoms with E-state index in [1.807, 2.05) is 30.3 Å². The number of carboxylic acid groups (broad SMARTS) is 1. The summed E-state index contributed by atoms with van der Waals surface area (Å²) in [6, 6.07) is 9.38. The van der Waals surface area contributed by atoms with Crippen LogP contribution in [-0.2, 0) is 9.53 Å². The van der Waals surface area contributed by atoms with Gasteiger partial charge in [0.15, 0.2) is 0 Å². The van der Waals surface area contributed by atoms with Crippen LogP contribution in [0.25, 0.3) is 0 Å². The number of alkyl halides is 3. The zero-order valence-corrected chi connectivity index (χ0v) is 14.5. The SMILES string of the molecule is CN(CC[C@@H](OC1=CC=C(C(F)(F)F)CC1)c1ccccc1)CC(=O)O. The van der Waals surface area contributed by atoms with Crippen LogP contribution in [0.4, 0.5) is 13.2 Å². The van der Waals surface area contributed by atoms with Crippen molar-refractivity contribution < 1.29 is 27.8 Å². The number of halogens is 3. The minimum absolute atomic E-state index is 0.0815. The van der Waals surface area contributed by atoms with E-state index in [0.717, 1.165) is 11.6 Å². The van der Waals surface area contributed by atoms with Crippen LogP contribution < -0.4 is 0 Å². The molecule has 0 saturated heterocycles. The summed E-state index contributed by atoms with van der Waals surface area (Å²) in [5, 5.41) is 8.84. The van der Waals surface area contributed by atoms with Crippen molar-refractivity contribution in [2.45, 2.75) is 31.5 Å². The molecule has 1 atom stereocenters. The Kier molecular flexibility index (Phi) is 6.85. The van der Waals surface area contributed by atoms with Gasteiger partial charge in [-0.15, -0.1) is 0 Å². The summed E-state index contributed by atoms with van der Waals surface area (Å²) in [6.07, 6.45) is -1.59. The highest BCUT2D eigenvalue weighted by molar-refractivity contribution is 5.68. The van der Waals surface area contributed by atoms with Gasteiger partial charge in [0, 0.05) is 25.0 Å². The number of carbonyl (C=O) groups is 1. The number of rotatable bonds is 8. The van der Waals surface area contributed by atoms with Gasteiger partial charge in [0.25, 0.3) is 0 Å². The molecule has 0 heterocycles. The predicted octanol–water partition coefficient (Wildman–Crippen LogP) is 4.32. The lowest BCUT2D eigenvalue weighted by atomic mass is 10.0. The molecule has 0 saturated carbocycles. The van der Waals surface area contributed by atoms with E-state index in [1.165, 1.54) is 6.08 Å². The topological polar surface area (TPSA) is 49.8 Å². The minimum Gasteiger partial charge on any atom is -0.490 e. The third-order valence-electron chi connectivity index (χ3n) is 4.12. The number of allylic oxidation sites excluding steroid dienone is 4. The van der Waals surface area contributed by atoms with E-state index >= 15 is 0 Å². The molecule has 0 radical (unpaired) electrons. The largest absolute Gasteiger partial charge is 0.490 e. The predicted molar refractivity (Wildman–Crippen MR) is 91.5 cm³/mol. The standard InChI is InChI=1S/C19H22F3NO3/c1-23(13-18(24)25)12-11-17(14-5-3-2-4-6-14)26-16-9-7-15(8-10-16)19(20,21)22/h2-7,9,17H,8,10-13H2,1H3,(H,24,25)/t17-/m1/s1. The Labute approximate surface area is 150 Å². The number of carboxylic acids is 1. The Morgan fingerprint density at radius 2 is 1.92 bits per heavy atom. The first kappa shape index (κ1) is 20.0. The quantitative estimate of drug-likeness (QED) is 0.742. The summed E-state index contributed by atoms with van der Waals surface area (Å²) in [7, 11) is 1.70. The molecular weight excluding hydrogens is 347 g/mol. The molecule has 1 aliphatic rings. The van der Waals surface area contributed by atoms with Gasteiger partial charge in [0.2, 0.25) is 0 Å². The number of ether oxygens (including phenoxy) is 1. The zero-order valence-electron chi connectivity index (χ0n) is 14.5. The molecule has 1 aromatic rings. The molecule has 142 valence electrons. The lowest BCUT2D eigenvalue weighted by molar-refractivity contribution is -0.138. The van der Waals surface area contributed by atoms with Crippen molar-refractivity contribution in [3.63, 3.8) is 0 Å². The van der Waals surface area contributed by atoms with Crippen LogP contribution in [-0.4, -0.2) is 42.3 Å². The lowest BCUT2D eigenvalue weighted by Crippen LogP contribution is -2.28. The summed E-state index contributed by atoms with van der Waals surface area (Å²) in [5.41, 5.74) is 0.352. The fourth-order valence-corrected chi connectivity index (χ4v) is 2.74. The first-order valence-electron chi connectivity index (χ1n) is 8.34. The van der Waals surface area contributed by atoms with Crippen molar-refractivity contribution in [3.8, 4) is 0 Å². The van der Waals surface area contributed by atoms with E-state index in [4.69, 9.17) is 9.84 Å². The molecule has 0 bridgehead atoms. The van der Waals surface area contributed by atoms with Gasteiger partial charge in [0.1, 0.15) is 6.10 Å². The van der Waals surface area contributed by atoms with E-state index in [2.05, 4.69) is 0 Å². The van der Waals surface area contributed by atoms with Gasteiger partial charge in [-0.3, -0.25) is 9.69 Å². The Morgan fingerprint density at radius 3 is 2.46 bits per heavy atom. The van der Waals surface area contributed by atoms with Crippen LogP contribution in [0.3, 0.4) is 0 Å². The fraction of sp³-hybridized carbons (Fsp3) is 0.421. The van der Waals surface area contributed by atoms with Crippen molar-refractivity contribution in [1.82, 2.24) is 4.90 Å². The molecule has 26 heavy (non-hydrogen) atoms. The summed E-state index contributed by atoms with van der Waals surface area (Å²) in [4.78, 5) is 12.4. The molecule has 4 nitrogen and oxygen atoms in total. The summed E-state index contributed by atoms with van der Waals surface area (Å²) >= 11 is 0. The highest BCUT2D eigenvalue weighted by Crippen LogP contribution is 2.35. The summed E-state index contributed by atoms with van der Waals surface area (Å²) in [6.45, 7) is 0.407. The van der Waals surface area contributed by atoms with Crippen LogP contribution in [0.5, 0.6) is 0 Å². The third-order valence-corrected chi connectivity index (χ3v) is 4.12. The molecule has 0 aliphatic heterocycles. The van der Waals surface area contributed by atoms with Gasteiger partial charge >= 0.3 is 12.1 Å². The van der Waals surface area contributed by atoms with Crippen molar-refractivity contribution >= 4 is 5.97 Å². The zero-order chi connectivity index (χ0) is 19.2. The summed E-state index contributed by atoms with van der Waals surface area (Å²) in [5.74, 6) is -0.405. The maximum atomic E-state index is 12.7.